The van der Waals surface area contributed by atoms with Gasteiger partial charge in [-0.3, -0.25) is 0 Å². The van der Waals surface area contributed by atoms with Crippen molar-refractivity contribution in [3.63, 3.8) is 0 Å². The molecular weight excluding hydrogens is 226 g/mol. The van der Waals surface area contributed by atoms with Crippen LogP contribution in [0.25, 0.3) is 0 Å². The van der Waals surface area contributed by atoms with E-state index in [1.54, 1.807) is 32.1 Å². The molecule has 1 nitrogen and oxygen atoms in total. The SMILES string of the molecule is c1cc(C[NH2+]C2C3CC4CC(C3)CC2C4)cs1. The molecule has 4 bridgehead atoms. The normalized spacial score (nSPS) is 43.2. The Balaban J connectivity index is 1.44. The van der Waals surface area contributed by atoms with Crippen molar-refractivity contribution in [2.24, 2.45) is 23.7 Å². The van der Waals surface area contributed by atoms with E-state index in [0.717, 1.165) is 29.7 Å². The molecule has 0 aromatic carbocycles. The zero-order valence-electron chi connectivity index (χ0n) is 10.3. The summed E-state index contributed by atoms with van der Waals surface area (Å²) in [7, 11) is 0. The predicted octanol–water partition coefficient (Wildman–Crippen LogP) is 2.64. The highest BCUT2D eigenvalue weighted by Gasteiger charge is 2.49. The zero-order valence-corrected chi connectivity index (χ0v) is 11.2. The van der Waals surface area contributed by atoms with Gasteiger partial charge >= 0.3 is 0 Å². The van der Waals surface area contributed by atoms with Crippen LogP contribution >= 0.6 is 11.3 Å². The van der Waals surface area contributed by atoms with Crippen LogP contribution in [0.1, 0.15) is 37.7 Å². The van der Waals surface area contributed by atoms with Gasteiger partial charge in [0.15, 0.2) is 0 Å². The Kier molecular flexibility index (Phi) is 2.55. The largest absolute Gasteiger partial charge is 0.340 e. The van der Waals surface area contributed by atoms with Gasteiger partial charge in [0.05, 0.1) is 6.04 Å². The van der Waals surface area contributed by atoms with Gasteiger partial charge in [-0.2, -0.15) is 11.3 Å². The molecule has 0 radical (unpaired) electrons. The molecule has 5 rings (SSSR count). The highest BCUT2D eigenvalue weighted by Crippen LogP contribution is 2.52. The summed E-state index contributed by atoms with van der Waals surface area (Å²) in [4.78, 5) is 0. The van der Waals surface area contributed by atoms with Crippen LogP contribution in [0, 0.1) is 23.7 Å². The standard InChI is InChI=1S/C15H21NS/c1-2-17-9-10(1)8-16-15-13-4-11-3-12(6-13)7-14(15)5-11/h1-2,9,11-16H,3-8H2/p+1. The molecule has 92 valence electrons. The summed E-state index contributed by atoms with van der Waals surface area (Å²) in [6, 6.07) is 3.25. The van der Waals surface area contributed by atoms with Crippen molar-refractivity contribution >= 4 is 11.3 Å². The van der Waals surface area contributed by atoms with Gasteiger partial charge in [-0.15, -0.1) is 0 Å². The third-order valence-corrected chi connectivity index (χ3v) is 6.24. The van der Waals surface area contributed by atoms with Crippen molar-refractivity contribution in [3.05, 3.63) is 22.4 Å². The Hall–Kier alpha value is -0.340. The maximum absolute atomic E-state index is 2.68. The second-order valence-electron chi connectivity index (χ2n) is 6.58. The Morgan fingerprint density at radius 3 is 2.35 bits per heavy atom. The number of hydrogen-bond acceptors (Lipinski definition) is 1. The lowest BCUT2D eigenvalue weighted by Crippen LogP contribution is -2.93. The molecule has 0 aliphatic heterocycles. The number of thiophene rings is 1. The van der Waals surface area contributed by atoms with Crippen LogP contribution in [-0.2, 0) is 6.54 Å². The summed E-state index contributed by atoms with van der Waals surface area (Å²) in [5.74, 6) is 4.35. The minimum Gasteiger partial charge on any atom is -0.340 e. The number of nitrogens with two attached hydrogens (primary N) is 1. The highest BCUT2D eigenvalue weighted by molar-refractivity contribution is 7.07. The molecule has 2 heteroatoms. The van der Waals surface area contributed by atoms with Gasteiger partial charge in [0.1, 0.15) is 6.54 Å². The fourth-order valence-corrected chi connectivity index (χ4v) is 5.71. The minimum atomic E-state index is 0.961. The lowest BCUT2D eigenvalue weighted by atomic mass is 9.54. The van der Waals surface area contributed by atoms with Gasteiger partial charge in [-0.25, -0.2) is 0 Å². The average Bonchev–Trinajstić information content (AvgIpc) is 2.80. The van der Waals surface area contributed by atoms with E-state index in [4.69, 9.17) is 0 Å². The third kappa shape index (κ3) is 1.86. The van der Waals surface area contributed by atoms with Gasteiger partial charge in [0.25, 0.3) is 0 Å². The zero-order chi connectivity index (χ0) is 11.2. The summed E-state index contributed by atoms with van der Waals surface area (Å²) in [5, 5.41) is 7.20. The van der Waals surface area contributed by atoms with E-state index >= 15 is 0 Å². The van der Waals surface area contributed by atoms with E-state index in [1.165, 1.54) is 12.1 Å². The summed E-state index contributed by atoms with van der Waals surface area (Å²) in [5.41, 5.74) is 1.53. The van der Waals surface area contributed by atoms with Crippen LogP contribution in [0.15, 0.2) is 16.8 Å². The molecule has 0 saturated heterocycles. The molecule has 4 fully saturated rings. The Bertz CT molecular complexity index is 356. The Morgan fingerprint density at radius 1 is 1.06 bits per heavy atom. The van der Waals surface area contributed by atoms with E-state index in [0.29, 0.717) is 0 Å². The van der Waals surface area contributed by atoms with Crippen LogP contribution < -0.4 is 5.32 Å². The lowest BCUT2D eigenvalue weighted by molar-refractivity contribution is -0.723. The maximum atomic E-state index is 2.68. The third-order valence-electron chi connectivity index (χ3n) is 5.51. The van der Waals surface area contributed by atoms with E-state index in [2.05, 4.69) is 22.1 Å². The molecule has 0 unspecified atom stereocenters. The molecule has 2 N–H and O–H groups in total. The van der Waals surface area contributed by atoms with Crippen molar-refractivity contribution in [1.82, 2.24) is 0 Å². The van der Waals surface area contributed by atoms with E-state index in [1.807, 2.05) is 11.3 Å². The van der Waals surface area contributed by atoms with Crippen LogP contribution in [0.2, 0.25) is 0 Å². The fraction of sp³-hybridized carbons (Fsp3) is 0.733. The minimum absolute atomic E-state index is 0.961. The summed E-state index contributed by atoms with van der Waals surface area (Å²) < 4.78 is 0. The van der Waals surface area contributed by atoms with E-state index in [9.17, 15) is 0 Å². The topological polar surface area (TPSA) is 16.6 Å². The first-order valence-corrected chi connectivity index (χ1v) is 8.17. The van der Waals surface area contributed by atoms with Crippen molar-refractivity contribution in [3.8, 4) is 0 Å². The van der Waals surface area contributed by atoms with Crippen LogP contribution in [-0.4, -0.2) is 6.04 Å². The molecular formula is C15H22NS+. The number of quaternary nitrogens is 1. The molecule has 4 aliphatic carbocycles. The van der Waals surface area contributed by atoms with Crippen molar-refractivity contribution in [2.45, 2.75) is 44.7 Å². The smallest absolute Gasteiger partial charge is 0.102 e. The highest BCUT2D eigenvalue weighted by atomic mass is 32.1. The van der Waals surface area contributed by atoms with Gasteiger partial charge < -0.3 is 5.32 Å². The second kappa shape index (κ2) is 4.10. The molecule has 0 spiro atoms. The van der Waals surface area contributed by atoms with Crippen LogP contribution in [0.5, 0.6) is 0 Å². The average molecular weight is 248 g/mol. The first-order valence-electron chi connectivity index (χ1n) is 7.23. The van der Waals surface area contributed by atoms with E-state index < -0.39 is 0 Å². The van der Waals surface area contributed by atoms with Crippen molar-refractivity contribution in [2.75, 3.05) is 0 Å². The molecule has 0 atom stereocenters. The summed E-state index contributed by atoms with van der Waals surface area (Å²) >= 11 is 1.83. The molecule has 1 aromatic rings. The Labute approximate surface area is 108 Å². The molecule has 4 saturated carbocycles. The quantitative estimate of drug-likeness (QED) is 0.847. The molecule has 0 amide bonds. The van der Waals surface area contributed by atoms with Crippen LogP contribution in [0.3, 0.4) is 0 Å². The first kappa shape index (κ1) is 10.6. The predicted molar refractivity (Wildman–Crippen MR) is 70.8 cm³/mol. The lowest BCUT2D eigenvalue weighted by Gasteiger charge is -2.52. The van der Waals surface area contributed by atoms with Crippen LogP contribution in [0.4, 0.5) is 0 Å². The maximum Gasteiger partial charge on any atom is 0.102 e. The van der Waals surface area contributed by atoms with E-state index in [-0.39, 0.29) is 0 Å². The number of hydrogen-bond donors (Lipinski definition) is 1. The van der Waals surface area contributed by atoms with Gasteiger partial charge in [-0.1, -0.05) is 0 Å². The van der Waals surface area contributed by atoms with Gasteiger partial charge in [0.2, 0.25) is 0 Å². The molecule has 17 heavy (non-hydrogen) atoms. The Morgan fingerprint density at radius 2 is 1.76 bits per heavy atom. The van der Waals surface area contributed by atoms with Gasteiger partial charge in [-0.05, 0) is 60.8 Å². The summed E-state index contributed by atoms with van der Waals surface area (Å²) in [6.45, 7) is 1.22. The molecule has 1 heterocycles. The number of rotatable bonds is 3. The second-order valence-corrected chi connectivity index (χ2v) is 7.36. The molecule has 4 aliphatic rings. The van der Waals surface area contributed by atoms with Crippen molar-refractivity contribution in [1.29, 1.82) is 0 Å². The molecule has 1 aromatic heterocycles. The first-order chi connectivity index (χ1) is 8.38. The summed E-state index contributed by atoms with van der Waals surface area (Å²) in [6.07, 6.45) is 7.79. The van der Waals surface area contributed by atoms with Gasteiger partial charge in [0, 0.05) is 17.4 Å². The van der Waals surface area contributed by atoms with Crippen molar-refractivity contribution < 1.29 is 5.32 Å². The fourth-order valence-electron chi connectivity index (χ4n) is 5.03. The monoisotopic (exact) mass is 248 g/mol.